The largest absolute Gasteiger partial charge is 0.326 e. The Morgan fingerprint density at radius 3 is 2.57 bits per heavy atom. The average molecular weight is 290 g/mol. The number of rotatable bonds is 2. The third-order valence-electron chi connectivity index (χ3n) is 4.88. The molecule has 2 aliphatic rings. The summed E-state index contributed by atoms with van der Waals surface area (Å²) in [5.74, 6) is 0.0497. The number of hydrogen-bond acceptors (Lipinski definition) is 2. The van der Waals surface area contributed by atoms with Crippen molar-refractivity contribution in [1.29, 1.82) is 0 Å². The van der Waals surface area contributed by atoms with E-state index >= 15 is 0 Å². The van der Waals surface area contributed by atoms with E-state index in [2.05, 4.69) is 5.32 Å². The van der Waals surface area contributed by atoms with Crippen molar-refractivity contribution < 1.29 is 9.18 Å². The molecule has 1 aliphatic carbocycles. The van der Waals surface area contributed by atoms with Crippen LogP contribution in [-0.2, 0) is 11.2 Å². The quantitative estimate of drug-likeness (QED) is 0.816. The number of nitrogens with two attached hydrogens (primary N) is 1. The third kappa shape index (κ3) is 3.10. The number of fused-ring (bicyclic) bond motifs is 1. The van der Waals surface area contributed by atoms with E-state index in [9.17, 15) is 9.18 Å². The molecule has 0 aromatic heterocycles. The Balaban J connectivity index is 1.85. The second-order valence-corrected chi connectivity index (χ2v) is 6.36. The summed E-state index contributed by atoms with van der Waals surface area (Å²) in [7, 11) is 0. The minimum Gasteiger partial charge on any atom is -0.326 e. The highest BCUT2D eigenvalue weighted by molar-refractivity contribution is 5.93. The second kappa shape index (κ2) is 6.14. The van der Waals surface area contributed by atoms with E-state index in [1.165, 1.54) is 31.7 Å². The van der Waals surface area contributed by atoms with Gasteiger partial charge in [0.15, 0.2) is 0 Å². The van der Waals surface area contributed by atoms with Crippen LogP contribution in [0.15, 0.2) is 12.1 Å². The molecule has 1 fully saturated rings. The van der Waals surface area contributed by atoms with Gasteiger partial charge in [-0.25, -0.2) is 4.39 Å². The number of nitrogens with one attached hydrogen (secondary N) is 1. The van der Waals surface area contributed by atoms with E-state index in [4.69, 9.17) is 5.73 Å². The molecule has 1 aromatic rings. The van der Waals surface area contributed by atoms with E-state index in [1.807, 2.05) is 6.07 Å². The first-order valence-electron chi connectivity index (χ1n) is 8.03. The summed E-state index contributed by atoms with van der Waals surface area (Å²) in [4.78, 5) is 11.4. The maximum absolute atomic E-state index is 14.4. The number of hydrogen-bond donors (Lipinski definition) is 2. The van der Waals surface area contributed by atoms with Crippen molar-refractivity contribution in [2.45, 2.75) is 57.4 Å². The molecule has 0 spiro atoms. The number of carbonyl (C=O) groups excluding carboxylic acids is 1. The van der Waals surface area contributed by atoms with Gasteiger partial charge in [0.05, 0.1) is 0 Å². The highest BCUT2D eigenvalue weighted by atomic mass is 19.1. The number of anilines is 1. The van der Waals surface area contributed by atoms with Gasteiger partial charge in [0.1, 0.15) is 5.82 Å². The normalized spacial score (nSPS) is 21.3. The molecule has 0 radical (unpaired) electrons. The van der Waals surface area contributed by atoms with Crippen molar-refractivity contribution in [2.24, 2.45) is 11.7 Å². The molecule has 1 heterocycles. The summed E-state index contributed by atoms with van der Waals surface area (Å²) in [6, 6.07) is 3.09. The first kappa shape index (κ1) is 14.5. The van der Waals surface area contributed by atoms with Crippen molar-refractivity contribution in [1.82, 2.24) is 0 Å². The SMILES string of the molecule is NC(c1cc2c(cc1F)NC(=O)CC2)C1CCCCCC1. The minimum absolute atomic E-state index is 0.0392. The van der Waals surface area contributed by atoms with E-state index in [-0.39, 0.29) is 17.8 Å². The van der Waals surface area contributed by atoms with Gasteiger partial charge in [-0.1, -0.05) is 25.7 Å². The summed E-state index contributed by atoms with van der Waals surface area (Å²) in [5.41, 5.74) is 8.62. The maximum atomic E-state index is 14.4. The Hall–Kier alpha value is -1.42. The van der Waals surface area contributed by atoms with Crippen LogP contribution in [0.4, 0.5) is 10.1 Å². The predicted octanol–water partition coefficient (Wildman–Crippen LogP) is 3.68. The monoisotopic (exact) mass is 290 g/mol. The smallest absolute Gasteiger partial charge is 0.224 e. The van der Waals surface area contributed by atoms with Crippen molar-refractivity contribution in [3.63, 3.8) is 0 Å². The lowest BCUT2D eigenvalue weighted by Gasteiger charge is -2.25. The van der Waals surface area contributed by atoms with Crippen molar-refractivity contribution in [3.05, 3.63) is 29.1 Å². The number of amides is 1. The first-order chi connectivity index (χ1) is 10.1. The molecule has 1 aromatic carbocycles. The molecule has 3 N–H and O–H groups in total. The number of carbonyl (C=O) groups is 1. The lowest BCUT2D eigenvalue weighted by molar-refractivity contribution is -0.116. The highest BCUT2D eigenvalue weighted by Gasteiger charge is 2.25. The Labute approximate surface area is 125 Å². The van der Waals surface area contributed by atoms with Crippen LogP contribution >= 0.6 is 0 Å². The zero-order valence-electron chi connectivity index (χ0n) is 12.3. The summed E-state index contributed by atoms with van der Waals surface area (Å²) in [6.07, 6.45) is 8.25. The van der Waals surface area contributed by atoms with E-state index in [1.54, 1.807) is 0 Å². The molecule has 3 rings (SSSR count). The summed E-state index contributed by atoms with van der Waals surface area (Å²) < 4.78 is 14.4. The standard InChI is InChI=1S/C17H23FN2O/c18-14-10-15-12(7-8-16(21)20-15)9-13(14)17(19)11-5-3-1-2-4-6-11/h9-11,17H,1-8,19H2,(H,20,21). The Morgan fingerprint density at radius 2 is 1.86 bits per heavy atom. The predicted molar refractivity (Wildman–Crippen MR) is 81.5 cm³/mol. The fourth-order valence-electron chi connectivity index (χ4n) is 3.60. The topological polar surface area (TPSA) is 55.1 Å². The van der Waals surface area contributed by atoms with Gasteiger partial charge < -0.3 is 11.1 Å². The van der Waals surface area contributed by atoms with Crippen LogP contribution in [0, 0.1) is 11.7 Å². The Morgan fingerprint density at radius 1 is 1.14 bits per heavy atom. The number of aryl methyl sites for hydroxylation is 1. The highest BCUT2D eigenvalue weighted by Crippen LogP contribution is 2.35. The van der Waals surface area contributed by atoms with Gasteiger partial charge in [0.2, 0.25) is 5.91 Å². The van der Waals surface area contributed by atoms with Crippen LogP contribution in [0.3, 0.4) is 0 Å². The Kier molecular flexibility index (Phi) is 4.24. The second-order valence-electron chi connectivity index (χ2n) is 6.36. The van der Waals surface area contributed by atoms with Gasteiger partial charge in [-0.05, 0) is 42.9 Å². The van der Waals surface area contributed by atoms with Crippen molar-refractivity contribution >= 4 is 11.6 Å². The van der Waals surface area contributed by atoms with Gasteiger partial charge in [0.25, 0.3) is 0 Å². The van der Waals surface area contributed by atoms with Crippen LogP contribution in [0.1, 0.15) is 62.1 Å². The molecule has 21 heavy (non-hydrogen) atoms. The molecular formula is C17H23FN2O. The molecule has 114 valence electrons. The third-order valence-corrected chi connectivity index (χ3v) is 4.88. The molecule has 0 bridgehead atoms. The van der Waals surface area contributed by atoms with Crippen LogP contribution in [0.25, 0.3) is 0 Å². The Bertz CT molecular complexity index is 536. The summed E-state index contributed by atoms with van der Waals surface area (Å²) >= 11 is 0. The minimum atomic E-state index is -0.285. The summed E-state index contributed by atoms with van der Waals surface area (Å²) in [5, 5.41) is 2.74. The van der Waals surface area contributed by atoms with Gasteiger partial charge in [-0.2, -0.15) is 0 Å². The molecule has 3 nitrogen and oxygen atoms in total. The van der Waals surface area contributed by atoms with Gasteiger partial charge in [-0.15, -0.1) is 0 Å². The average Bonchev–Trinajstić information content (AvgIpc) is 2.74. The lowest BCUT2D eigenvalue weighted by Crippen LogP contribution is -2.24. The molecule has 0 saturated heterocycles. The van der Waals surface area contributed by atoms with E-state index in [0.717, 1.165) is 18.4 Å². The van der Waals surface area contributed by atoms with E-state index in [0.29, 0.717) is 30.0 Å². The van der Waals surface area contributed by atoms with Crippen LogP contribution < -0.4 is 11.1 Å². The zero-order chi connectivity index (χ0) is 14.8. The van der Waals surface area contributed by atoms with Crippen LogP contribution in [-0.4, -0.2) is 5.91 Å². The molecule has 1 amide bonds. The molecule has 1 aliphatic heterocycles. The first-order valence-corrected chi connectivity index (χ1v) is 8.03. The van der Waals surface area contributed by atoms with Crippen molar-refractivity contribution in [3.8, 4) is 0 Å². The van der Waals surface area contributed by atoms with Gasteiger partial charge in [-0.3, -0.25) is 4.79 Å². The number of halogens is 1. The molecular weight excluding hydrogens is 267 g/mol. The molecule has 1 saturated carbocycles. The van der Waals surface area contributed by atoms with Crippen molar-refractivity contribution in [2.75, 3.05) is 5.32 Å². The molecule has 1 unspecified atom stereocenters. The number of benzene rings is 1. The van der Waals surface area contributed by atoms with Crippen LogP contribution in [0.2, 0.25) is 0 Å². The zero-order valence-corrected chi connectivity index (χ0v) is 12.3. The lowest BCUT2D eigenvalue weighted by atomic mass is 9.86. The molecule has 4 heteroatoms. The van der Waals surface area contributed by atoms with Crippen LogP contribution in [0.5, 0.6) is 0 Å². The maximum Gasteiger partial charge on any atom is 0.224 e. The fraction of sp³-hybridized carbons (Fsp3) is 0.588. The fourth-order valence-corrected chi connectivity index (χ4v) is 3.60. The van der Waals surface area contributed by atoms with Gasteiger partial charge in [0, 0.05) is 23.7 Å². The summed E-state index contributed by atoms with van der Waals surface area (Å²) in [6.45, 7) is 0. The van der Waals surface area contributed by atoms with E-state index < -0.39 is 0 Å². The van der Waals surface area contributed by atoms with Gasteiger partial charge >= 0.3 is 0 Å². The molecule has 1 atom stereocenters.